The number of carbonyl (C=O) groups excluding carboxylic acids is 1. The molecule has 2 rings (SSSR count). The lowest BCUT2D eigenvalue weighted by molar-refractivity contribution is -0.136. The van der Waals surface area contributed by atoms with Crippen molar-refractivity contribution in [3.05, 3.63) is 0 Å². The van der Waals surface area contributed by atoms with Crippen LogP contribution in [0.1, 0.15) is 25.7 Å². The van der Waals surface area contributed by atoms with Crippen LogP contribution in [0, 0.1) is 5.41 Å². The van der Waals surface area contributed by atoms with Crippen LogP contribution in [0.2, 0.25) is 0 Å². The number of halogens is 2. The van der Waals surface area contributed by atoms with Crippen LogP contribution in [-0.4, -0.2) is 56.7 Å². The van der Waals surface area contributed by atoms with Crippen molar-refractivity contribution in [3.8, 4) is 0 Å². The molecule has 2 saturated heterocycles. The van der Waals surface area contributed by atoms with E-state index in [0.717, 1.165) is 25.9 Å². The van der Waals surface area contributed by atoms with Gasteiger partial charge in [0.2, 0.25) is 5.91 Å². The minimum Gasteiger partial charge on any atom is -0.381 e. The molecule has 0 bridgehead atoms. The maximum Gasteiger partial charge on any atom is 0.227 e. The second-order valence-corrected chi connectivity index (χ2v) is 5.58. The first-order valence-electron chi connectivity index (χ1n) is 6.94. The fourth-order valence-electron chi connectivity index (χ4n) is 2.92. The molecule has 2 aliphatic heterocycles. The van der Waals surface area contributed by atoms with Crippen molar-refractivity contribution in [2.24, 2.45) is 11.1 Å². The average Bonchev–Trinajstić information content (AvgIpc) is 2.82. The quantitative estimate of drug-likeness (QED) is 0.801. The van der Waals surface area contributed by atoms with Gasteiger partial charge in [-0.2, -0.15) is 0 Å². The smallest absolute Gasteiger partial charge is 0.227 e. The Kier molecular flexibility index (Phi) is 9.02. The van der Waals surface area contributed by atoms with Crippen molar-refractivity contribution in [3.63, 3.8) is 0 Å². The van der Waals surface area contributed by atoms with Gasteiger partial charge in [0, 0.05) is 32.3 Å². The van der Waals surface area contributed by atoms with E-state index in [1.807, 2.05) is 0 Å². The van der Waals surface area contributed by atoms with Gasteiger partial charge in [0.25, 0.3) is 0 Å². The Bertz CT molecular complexity index is 299. The number of likely N-dealkylation sites (tertiary alicyclic amines) is 1. The van der Waals surface area contributed by atoms with E-state index < -0.39 is 5.41 Å². The van der Waals surface area contributed by atoms with E-state index in [1.54, 1.807) is 0 Å². The lowest BCUT2D eigenvalue weighted by Crippen LogP contribution is -2.51. The fraction of sp³-hybridized carbons (Fsp3) is 0.923. The summed E-state index contributed by atoms with van der Waals surface area (Å²) in [6.07, 6.45) is 3.90. The highest BCUT2D eigenvalue weighted by Gasteiger charge is 2.39. The van der Waals surface area contributed by atoms with Crippen molar-refractivity contribution < 1.29 is 9.53 Å². The summed E-state index contributed by atoms with van der Waals surface area (Å²) in [5.74, 6) is 0.119. The molecule has 2 fully saturated rings. The number of nitrogens with two attached hydrogens (primary N) is 1. The van der Waals surface area contributed by atoms with Gasteiger partial charge in [-0.25, -0.2) is 0 Å². The second-order valence-electron chi connectivity index (χ2n) is 5.58. The van der Waals surface area contributed by atoms with E-state index in [1.165, 1.54) is 12.8 Å². The second kappa shape index (κ2) is 9.05. The van der Waals surface area contributed by atoms with Crippen LogP contribution >= 0.6 is 24.8 Å². The van der Waals surface area contributed by atoms with Gasteiger partial charge in [0.05, 0.1) is 5.41 Å². The van der Waals surface area contributed by atoms with Crippen molar-refractivity contribution in [2.45, 2.75) is 31.7 Å². The summed E-state index contributed by atoms with van der Waals surface area (Å²) in [6.45, 7) is 3.60. The van der Waals surface area contributed by atoms with E-state index in [-0.39, 0.29) is 30.7 Å². The van der Waals surface area contributed by atoms with Gasteiger partial charge in [-0.05, 0) is 39.3 Å². The zero-order valence-corrected chi connectivity index (χ0v) is 13.7. The molecule has 5 nitrogen and oxygen atoms in total. The molecule has 0 saturated carbocycles. The topological polar surface area (TPSA) is 67.6 Å². The number of amides is 1. The maximum atomic E-state index is 12.3. The molecule has 20 heavy (non-hydrogen) atoms. The Labute approximate surface area is 133 Å². The van der Waals surface area contributed by atoms with Crippen LogP contribution in [0.15, 0.2) is 0 Å². The summed E-state index contributed by atoms with van der Waals surface area (Å²) >= 11 is 0. The van der Waals surface area contributed by atoms with Crippen LogP contribution in [0.5, 0.6) is 0 Å². The highest BCUT2D eigenvalue weighted by molar-refractivity contribution is 5.85. The highest BCUT2D eigenvalue weighted by Crippen LogP contribution is 2.29. The van der Waals surface area contributed by atoms with E-state index >= 15 is 0 Å². The Morgan fingerprint density at radius 2 is 2.05 bits per heavy atom. The minimum absolute atomic E-state index is 0. The molecule has 2 aliphatic rings. The van der Waals surface area contributed by atoms with Crippen molar-refractivity contribution in [1.29, 1.82) is 0 Å². The number of nitrogens with zero attached hydrogens (tertiary/aromatic N) is 1. The number of hydrogen-bond acceptors (Lipinski definition) is 4. The zero-order valence-electron chi connectivity index (χ0n) is 12.1. The molecule has 1 unspecified atom stereocenters. The summed E-state index contributed by atoms with van der Waals surface area (Å²) in [5, 5.41) is 3.10. The molecule has 7 heteroatoms. The lowest BCUT2D eigenvalue weighted by Gasteiger charge is -2.35. The van der Waals surface area contributed by atoms with Crippen molar-refractivity contribution in [2.75, 3.05) is 39.9 Å². The molecule has 3 N–H and O–H groups in total. The number of rotatable bonds is 4. The molecule has 2 heterocycles. The number of likely N-dealkylation sites (N-methyl/N-ethyl adjacent to an activating group) is 1. The largest absolute Gasteiger partial charge is 0.381 e. The van der Waals surface area contributed by atoms with Crippen LogP contribution in [0.25, 0.3) is 0 Å². The van der Waals surface area contributed by atoms with Crippen LogP contribution in [-0.2, 0) is 9.53 Å². The molecular formula is C13H27Cl2N3O2. The van der Waals surface area contributed by atoms with Gasteiger partial charge in [-0.1, -0.05) is 0 Å². The molecule has 0 aromatic heterocycles. The monoisotopic (exact) mass is 327 g/mol. The molecule has 0 aliphatic carbocycles. The predicted octanol–water partition coefficient (Wildman–Crippen LogP) is 0.796. The number of hydrogen-bond donors (Lipinski definition) is 2. The first-order valence-corrected chi connectivity index (χ1v) is 6.94. The third-order valence-corrected chi connectivity index (χ3v) is 4.49. The first-order chi connectivity index (χ1) is 8.68. The van der Waals surface area contributed by atoms with Gasteiger partial charge < -0.3 is 20.7 Å². The predicted molar refractivity (Wildman–Crippen MR) is 84.7 cm³/mol. The minimum atomic E-state index is -0.393. The maximum absolute atomic E-state index is 12.3. The average molecular weight is 328 g/mol. The number of carbonyl (C=O) groups is 1. The van der Waals surface area contributed by atoms with Gasteiger partial charge >= 0.3 is 0 Å². The third kappa shape index (κ3) is 4.46. The van der Waals surface area contributed by atoms with Crippen molar-refractivity contribution in [1.82, 2.24) is 10.2 Å². The molecule has 0 aromatic rings. The Morgan fingerprint density at radius 1 is 1.40 bits per heavy atom. The first kappa shape index (κ1) is 19.9. The summed E-state index contributed by atoms with van der Waals surface area (Å²) < 4.78 is 5.33. The Hall–Kier alpha value is -0.0700. The van der Waals surface area contributed by atoms with Gasteiger partial charge in [-0.15, -0.1) is 24.8 Å². The zero-order chi connectivity index (χ0) is 13.0. The van der Waals surface area contributed by atoms with Gasteiger partial charge in [-0.3, -0.25) is 4.79 Å². The molecule has 1 amide bonds. The van der Waals surface area contributed by atoms with E-state index in [4.69, 9.17) is 10.5 Å². The molecule has 0 radical (unpaired) electrons. The molecule has 0 spiro atoms. The van der Waals surface area contributed by atoms with E-state index in [9.17, 15) is 4.79 Å². The fourth-order valence-corrected chi connectivity index (χ4v) is 2.92. The van der Waals surface area contributed by atoms with Crippen LogP contribution in [0.3, 0.4) is 0 Å². The van der Waals surface area contributed by atoms with E-state index in [0.29, 0.717) is 25.8 Å². The summed E-state index contributed by atoms with van der Waals surface area (Å²) in [5.41, 5.74) is 5.43. The Balaban J connectivity index is 0.00000180. The normalized spacial score (nSPS) is 25.4. The molecule has 120 valence electrons. The van der Waals surface area contributed by atoms with E-state index in [2.05, 4.69) is 17.3 Å². The Morgan fingerprint density at radius 3 is 2.55 bits per heavy atom. The summed E-state index contributed by atoms with van der Waals surface area (Å²) in [6, 6.07) is 0.489. The summed E-state index contributed by atoms with van der Waals surface area (Å²) in [7, 11) is 2.12. The SMILES string of the molecule is CN1CCCC1CNC(=O)C1(CN)CCOCC1.Cl.Cl. The number of ether oxygens (including phenoxy) is 1. The standard InChI is InChI=1S/C13H25N3O2.2ClH/c1-16-6-2-3-11(16)9-15-12(17)13(10-14)4-7-18-8-5-13;;/h11H,2-10,14H2,1H3,(H,15,17);2*1H. The molecular weight excluding hydrogens is 301 g/mol. The lowest BCUT2D eigenvalue weighted by atomic mass is 9.79. The van der Waals surface area contributed by atoms with Crippen LogP contribution < -0.4 is 11.1 Å². The van der Waals surface area contributed by atoms with Gasteiger partial charge in [0.15, 0.2) is 0 Å². The number of nitrogens with one attached hydrogen (secondary N) is 1. The summed E-state index contributed by atoms with van der Waals surface area (Å²) in [4.78, 5) is 14.7. The van der Waals surface area contributed by atoms with Gasteiger partial charge in [0.1, 0.15) is 0 Å². The van der Waals surface area contributed by atoms with Crippen LogP contribution in [0.4, 0.5) is 0 Å². The highest BCUT2D eigenvalue weighted by atomic mass is 35.5. The molecule has 1 atom stereocenters. The molecule has 0 aromatic carbocycles. The third-order valence-electron chi connectivity index (χ3n) is 4.49. The van der Waals surface area contributed by atoms with Crippen molar-refractivity contribution >= 4 is 30.7 Å².